The van der Waals surface area contributed by atoms with E-state index in [1.54, 1.807) is 31.2 Å². The molecule has 0 saturated heterocycles. The molecule has 3 aromatic carbocycles. The number of para-hydroxylation sites is 3. The van der Waals surface area contributed by atoms with Crippen molar-refractivity contribution in [2.24, 2.45) is 0 Å². The SMILES string of the molecule is CCOc1ccccc1N(CC(=O)Nc1ccc(S(=O)(=O)Nc2c(C)cccc2C)cc1)S(C)(=O)=O. The monoisotopic (exact) mass is 531 g/mol. The molecule has 0 aromatic heterocycles. The van der Waals surface area contributed by atoms with Gasteiger partial charge in [-0.15, -0.1) is 0 Å². The largest absolute Gasteiger partial charge is 0.492 e. The van der Waals surface area contributed by atoms with Gasteiger partial charge in [-0.05, 0) is 68.3 Å². The molecule has 0 fully saturated rings. The second-order valence-electron chi connectivity index (χ2n) is 8.12. The van der Waals surface area contributed by atoms with E-state index in [1.807, 2.05) is 32.0 Å². The smallest absolute Gasteiger partial charge is 0.261 e. The first kappa shape index (κ1) is 27.0. The first-order valence-corrected chi connectivity index (χ1v) is 14.4. The highest BCUT2D eigenvalue weighted by Gasteiger charge is 2.24. The molecule has 0 bridgehead atoms. The van der Waals surface area contributed by atoms with E-state index in [1.165, 1.54) is 24.3 Å². The maximum absolute atomic E-state index is 12.9. The average molecular weight is 532 g/mol. The molecule has 11 heteroatoms. The number of hydrogen-bond acceptors (Lipinski definition) is 6. The summed E-state index contributed by atoms with van der Waals surface area (Å²) in [6, 6.07) is 17.6. The molecule has 192 valence electrons. The van der Waals surface area contributed by atoms with Gasteiger partial charge in [0.25, 0.3) is 10.0 Å². The number of benzene rings is 3. The Kier molecular flexibility index (Phi) is 8.26. The van der Waals surface area contributed by atoms with Crippen LogP contribution < -0.4 is 19.1 Å². The van der Waals surface area contributed by atoms with Crippen molar-refractivity contribution in [3.05, 3.63) is 77.9 Å². The summed E-state index contributed by atoms with van der Waals surface area (Å²) in [5.74, 6) is -0.264. The van der Waals surface area contributed by atoms with Crippen LogP contribution in [-0.4, -0.2) is 42.2 Å². The molecule has 0 radical (unpaired) electrons. The van der Waals surface area contributed by atoms with Gasteiger partial charge in [0.1, 0.15) is 12.3 Å². The van der Waals surface area contributed by atoms with Gasteiger partial charge in [0.15, 0.2) is 0 Å². The molecular formula is C25H29N3O6S2. The third kappa shape index (κ3) is 6.55. The van der Waals surface area contributed by atoms with E-state index in [9.17, 15) is 21.6 Å². The Bertz CT molecular complexity index is 1430. The molecule has 0 atom stereocenters. The zero-order valence-corrected chi connectivity index (χ0v) is 22.1. The maximum Gasteiger partial charge on any atom is 0.261 e. The number of ether oxygens (including phenoxy) is 1. The number of rotatable bonds is 10. The van der Waals surface area contributed by atoms with Crippen LogP contribution in [0.3, 0.4) is 0 Å². The molecule has 0 saturated carbocycles. The van der Waals surface area contributed by atoms with Gasteiger partial charge in [-0.2, -0.15) is 0 Å². The molecule has 3 aromatic rings. The maximum atomic E-state index is 12.9. The van der Waals surface area contributed by atoms with Crippen LogP contribution in [0.15, 0.2) is 71.6 Å². The number of nitrogens with zero attached hydrogens (tertiary/aromatic N) is 1. The zero-order chi connectivity index (χ0) is 26.5. The van der Waals surface area contributed by atoms with Crippen LogP contribution in [-0.2, 0) is 24.8 Å². The third-order valence-electron chi connectivity index (χ3n) is 5.29. The summed E-state index contributed by atoms with van der Waals surface area (Å²) in [5.41, 5.74) is 2.67. The second kappa shape index (κ2) is 11.0. The van der Waals surface area contributed by atoms with Gasteiger partial charge < -0.3 is 10.1 Å². The number of hydrogen-bond donors (Lipinski definition) is 2. The first-order chi connectivity index (χ1) is 16.9. The molecule has 0 aliphatic rings. The van der Waals surface area contributed by atoms with E-state index >= 15 is 0 Å². The molecule has 3 rings (SSSR count). The third-order valence-corrected chi connectivity index (χ3v) is 7.78. The number of carbonyl (C=O) groups is 1. The Balaban J connectivity index is 1.76. The molecular weight excluding hydrogens is 502 g/mol. The fraction of sp³-hybridized carbons (Fsp3) is 0.240. The molecule has 9 nitrogen and oxygen atoms in total. The summed E-state index contributed by atoms with van der Waals surface area (Å²) < 4.78 is 59.7. The minimum absolute atomic E-state index is 0.0200. The summed E-state index contributed by atoms with van der Waals surface area (Å²) in [7, 11) is -7.66. The van der Waals surface area contributed by atoms with Gasteiger partial charge in [0, 0.05) is 5.69 Å². The average Bonchev–Trinajstić information content (AvgIpc) is 2.80. The van der Waals surface area contributed by atoms with Crippen molar-refractivity contribution in [2.75, 3.05) is 33.8 Å². The number of anilines is 3. The van der Waals surface area contributed by atoms with Crippen LogP contribution in [0, 0.1) is 13.8 Å². The summed E-state index contributed by atoms with van der Waals surface area (Å²) in [4.78, 5) is 12.7. The minimum Gasteiger partial charge on any atom is -0.492 e. The van der Waals surface area contributed by atoms with Crippen LogP contribution in [0.2, 0.25) is 0 Å². The lowest BCUT2D eigenvalue weighted by Crippen LogP contribution is -2.37. The Labute approximate surface area is 212 Å². The molecule has 0 aliphatic heterocycles. The lowest BCUT2D eigenvalue weighted by molar-refractivity contribution is -0.114. The van der Waals surface area contributed by atoms with Gasteiger partial charge >= 0.3 is 0 Å². The number of aryl methyl sites for hydroxylation is 2. The number of nitrogens with one attached hydrogen (secondary N) is 2. The highest BCUT2D eigenvalue weighted by atomic mass is 32.2. The number of sulfonamides is 2. The van der Waals surface area contributed by atoms with E-state index in [-0.39, 0.29) is 10.6 Å². The van der Waals surface area contributed by atoms with E-state index in [0.29, 0.717) is 23.7 Å². The predicted octanol–water partition coefficient (Wildman–Crippen LogP) is 3.91. The Morgan fingerprint density at radius 1 is 0.889 bits per heavy atom. The topological polar surface area (TPSA) is 122 Å². The number of carbonyl (C=O) groups excluding carboxylic acids is 1. The lowest BCUT2D eigenvalue weighted by atomic mass is 10.1. The van der Waals surface area contributed by atoms with Gasteiger partial charge in [0.2, 0.25) is 15.9 Å². The van der Waals surface area contributed by atoms with Crippen LogP contribution in [0.5, 0.6) is 5.75 Å². The quantitative estimate of drug-likeness (QED) is 0.409. The molecule has 0 unspecified atom stereocenters. The van der Waals surface area contributed by atoms with Gasteiger partial charge in [-0.25, -0.2) is 16.8 Å². The summed E-state index contributed by atoms with van der Waals surface area (Å²) in [5, 5.41) is 2.61. The van der Waals surface area contributed by atoms with Crippen molar-refractivity contribution in [1.29, 1.82) is 0 Å². The lowest BCUT2D eigenvalue weighted by Gasteiger charge is -2.24. The molecule has 0 heterocycles. The fourth-order valence-corrected chi connectivity index (χ4v) is 5.60. The molecule has 0 spiro atoms. The summed E-state index contributed by atoms with van der Waals surface area (Å²) in [6.45, 7) is 5.24. The highest BCUT2D eigenvalue weighted by molar-refractivity contribution is 7.92. The Morgan fingerprint density at radius 2 is 1.50 bits per heavy atom. The second-order valence-corrected chi connectivity index (χ2v) is 11.7. The standard InChI is InChI=1S/C25H29N3O6S2/c1-5-34-23-12-7-6-11-22(23)28(35(4,30)31)17-24(29)26-20-13-15-21(16-14-20)36(32,33)27-25-18(2)9-8-10-19(25)3/h6-16,27H,5,17H2,1-4H3,(H,26,29). The minimum atomic E-state index is -3.85. The highest BCUT2D eigenvalue weighted by Crippen LogP contribution is 2.30. The van der Waals surface area contributed by atoms with Crippen LogP contribution in [0.25, 0.3) is 0 Å². The molecule has 1 amide bonds. The van der Waals surface area contributed by atoms with Gasteiger partial charge in [0.05, 0.1) is 29.1 Å². The Morgan fingerprint density at radius 3 is 2.08 bits per heavy atom. The predicted molar refractivity (Wildman–Crippen MR) is 142 cm³/mol. The van der Waals surface area contributed by atoms with Crippen LogP contribution in [0.4, 0.5) is 17.1 Å². The van der Waals surface area contributed by atoms with Crippen LogP contribution in [0.1, 0.15) is 18.1 Å². The van der Waals surface area contributed by atoms with E-state index < -0.39 is 32.5 Å². The van der Waals surface area contributed by atoms with Gasteiger partial charge in [-0.3, -0.25) is 13.8 Å². The van der Waals surface area contributed by atoms with E-state index in [0.717, 1.165) is 21.7 Å². The normalized spacial score (nSPS) is 11.6. The van der Waals surface area contributed by atoms with Crippen molar-refractivity contribution in [3.8, 4) is 5.75 Å². The molecule has 2 N–H and O–H groups in total. The summed E-state index contributed by atoms with van der Waals surface area (Å²) >= 11 is 0. The van der Waals surface area contributed by atoms with Crippen molar-refractivity contribution in [3.63, 3.8) is 0 Å². The van der Waals surface area contributed by atoms with Crippen molar-refractivity contribution in [1.82, 2.24) is 0 Å². The van der Waals surface area contributed by atoms with Crippen molar-refractivity contribution in [2.45, 2.75) is 25.7 Å². The fourth-order valence-electron chi connectivity index (χ4n) is 3.54. The Hall–Kier alpha value is -3.57. The number of amides is 1. The molecule has 36 heavy (non-hydrogen) atoms. The van der Waals surface area contributed by atoms with Crippen molar-refractivity contribution >= 4 is 43.0 Å². The zero-order valence-electron chi connectivity index (χ0n) is 20.5. The molecule has 0 aliphatic carbocycles. The van der Waals surface area contributed by atoms with E-state index in [2.05, 4.69) is 10.0 Å². The van der Waals surface area contributed by atoms with Crippen molar-refractivity contribution < 1.29 is 26.4 Å². The van der Waals surface area contributed by atoms with Gasteiger partial charge in [-0.1, -0.05) is 30.3 Å². The van der Waals surface area contributed by atoms with E-state index in [4.69, 9.17) is 4.74 Å². The summed E-state index contributed by atoms with van der Waals surface area (Å²) in [6.07, 6.45) is 1.01. The van der Waals surface area contributed by atoms with Crippen LogP contribution >= 0.6 is 0 Å². The first-order valence-electron chi connectivity index (χ1n) is 11.1.